The lowest BCUT2D eigenvalue weighted by Crippen LogP contribution is -2.04. The summed E-state index contributed by atoms with van der Waals surface area (Å²) in [6, 6.07) is 13.1. The van der Waals surface area contributed by atoms with Crippen molar-refractivity contribution in [1.82, 2.24) is 4.98 Å². The normalized spacial score (nSPS) is 10.5. The highest BCUT2D eigenvalue weighted by Gasteiger charge is 2.12. The third-order valence-electron chi connectivity index (χ3n) is 2.96. The van der Waals surface area contributed by atoms with Crippen LogP contribution in [0.5, 0.6) is 0 Å². The Labute approximate surface area is 129 Å². The summed E-state index contributed by atoms with van der Waals surface area (Å²) in [5.74, 6) is -0.425. The predicted octanol–water partition coefficient (Wildman–Crippen LogP) is 3.56. The summed E-state index contributed by atoms with van der Waals surface area (Å²) < 4.78 is 5.89. The number of nitro benzene ring substituents is 1. The molecule has 0 spiro atoms. The van der Waals surface area contributed by atoms with Crippen molar-refractivity contribution < 1.29 is 14.5 Å². The van der Waals surface area contributed by atoms with E-state index >= 15 is 0 Å². The summed E-state index contributed by atoms with van der Waals surface area (Å²) >= 11 is 1.27. The van der Waals surface area contributed by atoms with Crippen LogP contribution in [0.1, 0.15) is 15.4 Å². The van der Waals surface area contributed by atoms with Crippen molar-refractivity contribution in [1.29, 1.82) is 0 Å². The van der Waals surface area contributed by atoms with Gasteiger partial charge in [-0.15, -0.1) is 11.3 Å². The SMILES string of the molecule is O=C(OCc1nc2ccc([N+](=O)[O-])cc2s1)c1ccccc1. The molecule has 0 bridgehead atoms. The number of carbonyl (C=O) groups excluding carboxylic acids is 1. The second-order valence-electron chi connectivity index (χ2n) is 4.46. The fraction of sp³-hybridized carbons (Fsp3) is 0.0667. The van der Waals surface area contributed by atoms with Crippen molar-refractivity contribution in [2.75, 3.05) is 0 Å². The molecule has 0 saturated carbocycles. The minimum Gasteiger partial charge on any atom is -0.455 e. The van der Waals surface area contributed by atoms with Crippen molar-refractivity contribution in [3.05, 3.63) is 69.2 Å². The van der Waals surface area contributed by atoms with E-state index in [-0.39, 0.29) is 12.3 Å². The molecule has 2 aromatic carbocycles. The fourth-order valence-electron chi connectivity index (χ4n) is 1.92. The molecule has 0 N–H and O–H groups in total. The van der Waals surface area contributed by atoms with Gasteiger partial charge in [-0.3, -0.25) is 10.1 Å². The molecule has 0 aliphatic carbocycles. The maximum atomic E-state index is 11.8. The average molecular weight is 314 g/mol. The smallest absolute Gasteiger partial charge is 0.338 e. The van der Waals surface area contributed by atoms with E-state index in [9.17, 15) is 14.9 Å². The quantitative estimate of drug-likeness (QED) is 0.418. The summed E-state index contributed by atoms with van der Waals surface area (Å²) in [6.07, 6.45) is 0. The van der Waals surface area contributed by atoms with Gasteiger partial charge in [0, 0.05) is 12.1 Å². The Hall–Kier alpha value is -2.80. The number of non-ortho nitro benzene ring substituents is 1. The highest BCUT2D eigenvalue weighted by Crippen LogP contribution is 2.26. The average Bonchev–Trinajstić information content (AvgIpc) is 2.95. The van der Waals surface area contributed by atoms with Gasteiger partial charge in [-0.1, -0.05) is 18.2 Å². The molecule has 0 amide bonds. The van der Waals surface area contributed by atoms with Crippen LogP contribution in [-0.2, 0) is 11.3 Å². The number of nitrogens with zero attached hydrogens (tertiary/aromatic N) is 2. The maximum absolute atomic E-state index is 11.8. The molecule has 0 aliphatic heterocycles. The zero-order valence-electron chi connectivity index (χ0n) is 11.3. The first-order valence-corrected chi connectivity index (χ1v) is 7.21. The lowest BCUT2D eigenvalue weighted by molar-refractivity contribution is -0.384. The van der Waals surface area contributed by atoms with Crippen molar-refractivity contribution >= 4 is 33.2 Å². The van der Waals surface area contributed by atoms with E-state index in [2.05, 4.69) is 4.98 Å². The number of benzene rings is 2. The molecule has 110 valence electrons. The number of fused-ring (bicyclic) bond motifs is 1. The van der Waals surface area contributed by atoms with Gasteiger partial charge in [0.1, 0.15) is 11.6 Å². The van der Waals surface area contributed by atoms with Crippen molar-refractivity contribution in [3.8, 4) is 0 Å². The number of ether oxygens (including phenoxy) is 1. The van der Waals surface area contributed by atoms with Crippen molar-refractivity contribution in [2.45, 2.75) is 6.61 Å². The zero-order valence-corrected chi connectivity index (χ0v) is 12.1. The molecule has 1 heterocycles. The van der Waals surface area contributed by atoms with Crippen LogP contribution < -0.4 is 0 Å². The van der Waals surface area contributed by atoms with E-state index < -0.39 is 10.9 Å². The third kappa shape index (κ3) is 2.94. The van der Waals surface area contributed by atoms with Crippen LogP contribution in [0.3, 0.4) is 0 Å². The molecule has 7 heteroatoms. The Morgan fingerprint density at radius 2 is 2.00 bits per heavy atom. The molecule has 0 saturated heterocycles. The van der Waals surface area contributed by atoms with Gasteiger partial charge in [0.2, 0.25) is 0 Å². The lowest BCUT2D eigenvalue weighted by atomic mass is 10.2. The Balaban J connectivity index is 1.74. The van der Waals surface area contributed by atoms with Gasteiger partial charge in [-0.2, -0.15) is 0 Å². The highest BCUT2D eigenvalue weighted by atomic mass is 32.1. The van der Waals surface area contributed by atoms with E-state index in [0.29, 0.717) is 20.8 Å². The Bertz CT molecular complexity index is 845. The number of esters is 1. The van der Waals surface area contributed by atoms with Gasteiger partial charge in [0.25, 0.3) is 5.69 Å². The minimum absolute atomic E-state index is 0.0176. The molecule has 3 aromatic rings. The molecular formula is C15H10N2O4S. The van der Waals surface area contributed by atoms with Gasteiger partial charge in [-0.25, -0.2) is 9.78 Å². The van der Waals surface area contributed by atoms with Gasteiger partial charge in [-0.05, 0) is 18.2 Å². The molecule has 0 fully saturated rings. The molecule has 0 atom stereocenters. The molecule has 6 nitrogen and oxygen atoms in total. The van der Waals surface area contributed by atoms with Crippen LogP contribution in [0, 0.1) is 10.1 Å². The molecule has 3 rings (SSSR count). The summed E-state index contributed by atoms with van der Waals surface area (Å²) in [6.45, 7) is 0.0425. The topological polar surface area (TPSA) is 82.3 Å². The monoisotopic (exact) mass is 314 g/mol. The first kappa shape index (κ1) is 14.2. The first-order valence-electron chi connectivity index (χ1n) is 6.39. The van der Waals surface area contributed by atoms with E-state index in [1.54, 1.807) is 30.3 Å². The van der Waals surface area contributed by atoms with E-state index in [4.69, 9.17) is 4.74 Å². The summed E-state index contributed by atoms with van der Waals surface area (Å²) in [5, 5.41) is 11.3. The predicted molar refractivity (Wildman–Crippen MR) is 81.8 cm³/mol. The molecule has 0 aliphatic rings. The van der Waals surface area contributed by atoms with Crippen LogP contribution in [0.2, 0.25) is 0 Å². The maximum Gasteiger partial charge on any atom is 0.338 e. The van der Waals surface area contributed by atoms with Crippen LogP contribution >= 0.6 is 11.3 Å². The van der Waals surface area contributed by atoms with E-state index in [0.717, 1.165) is 0 Å². The van der Waals surface area contributed by atoms with Gasteiger partial charge in [0.05, 0.1) is 20.7 Å². The number of hydrogen-bond acceptors (Lipinski definition) is 6. The van der Waals surface area contributed by atoms with Crippen LogP contribution in [-0.4, -0.2) is 15.9 Å². The number of rotatable bonds is 4. The van der Waals surface area contributed by atoms with E-state index in [1.807, 2.05) is 6.07 Å². The zero-order chi connectivity index (χ0) is 15.5. The minimum atomic E-state index is -0.450. The Morgan fingerprint density at radius 1 is 1.23 bits per heavy atom. The molecule has 0 unspecified atom stereocenters. The van der Waals surface area contributed by atoms with E-state index in [1.165, 1.54) is 23.5 Å². The van der Waals surface area contributed by atoms with Crippen LogP contribution in [0.15, 0.2) is 48.5 Å². The fourth-order valence-corrected chi connectivity index (χ4v) is 2.83. The Morgan fingerprint density at radius 3 is 2.73 bits per heavy atom. The molecule has 1 aromatic heterocycles. The third-order valence-corrected chi connectivity index (χ3v) is 3.96. The first-order chi connectivity index (χ1) is 10.6. The van der Waals surface area contributed by atoms with Gasteiger partial charge < -0.3 is 4.74 Å². The molecule has 0 radical (unpaired) electrons. The molecule has 22 heavy (non-hydrogen) atoms. The number of aromatic nitrogens is 1. The van der Waals surface area contributed by atoms with Gasteiger partial charge >= 0.3 is 5.97 Å². The van der Waals surface area contributed by atoms with Crippen LogP contribution in [0.25, 0.3) is 10.2 Å². The van der Waals surface area contributed by atoms with Crippen molar-refractivity contribution in [3.63, 3.8) is 0 Å². The van der Waals surface area contributed by atoms with Gasteiger partial charge in [0.15, 0.2) is 0 Å². The van der Waals surface area contributed by atoms with Crippen molar-refractivity contribution in [2.24, 2.45) is 0 Å². The summed E-state index contributed by atoms with van der Waals surface area (Å²) in [5.41, 5.74) is 1.14. The number of thiazole rings is 1. The standard InChI is InChI=1S/C15H10N2O4S/c18-15(10-4-2-1-3-5-10)21-9-14-16-12-7-6-11(17(19)20)8-13(12)22-14/h1-8H,9H2. The lowest BCUT2D eigenvalue weighted by Gasteiger charge is -2.01. The largest absolute Gasteiger partial charge is 0.455 e. The number of hydrogen-bond donors (Lipinski definition) is 0. The summed E-state index contributed by atoms with van der Waals surface area (Å²) in [7, 11) is 0. The Kier molecular flexibility index (Phi) is 3.80. The highest BCUT2D eigenvalue weighted by molar-refractivity contribution is 7.18. The molecular weight excluding hydrogens is 304 g/mol. The number of nitro groups is 1. The summed E-state index contributed by atoms with van der Waals surface area (Å²) in [4.78, 5) is 26.4. The van der Waals surface area contributed by atoms with Crippen LogP contribution in [0.4, 0.5) is 5.69 Å². The number of carbonyl (C=O) groups is 1. The second kappa shape index (κ2) is 5.90. The second-order valence-corrected chi connectivity index (χ2v) is 5.57.